The molecule has 0 spiro atoms. The molecule has 6 heteroatoms. The number of carbonyl (C=O) groups is 1. The molecule has 2 rings (SSSR count). The number of nitrogens with zero attached hydrogens (tertiary/aromatic N) is 4. The van der Waals surface area contributed by atoms with Crippen LogP contribution in [0.2, 0.25) is 0 Å². The van der Waals surface area contributed by atoms with Crippen molar-refractivity contribution in [3.63, 3.8) is 0 Å². The van der Waals surface area contributed by atoms with E-state index >= 15 is 0 Å². The van der Waals surface area contributed by atoms with E-state index in [2.05, 4.69) is 27.4 Å². The Morgan fingerprint density at radius 3 is 3.00 bits per heavy atom. The second-order valence-electron chi connectivity index (χ2n) is 4.77. The van der Waals surface area contributed by atoms with Gasteiger partial charge in [-0.25, -0.2) is 0 Å². The number of rotatable bonds is 5. The van der Waals surface area contributed by atoms with Crippen LogP contribution < -0.4 is 5.32 Å². The molecule has 0 unspecified atom stereocenters. The van der Waals surface area contributed by atoms with Crippen molar-refractivity contribution < 1.29 is 4.79 Å². The van der Waals surface area contributed by atoms with E-state index in [9.17, 15) is 4.79 Å². The van der Waals surface area contributed by atoms with Crippen molar-refractivity contribution in [3.8, 4) is 0 Å². The van der Waals surface area contributed by atoms with Crippen LogP contribution in [0.25, 0.3) is 0 Å². The number of carbonyl (C=O) groups excluding carboxylic acids is 1. The average molecular weight is 273 g/mol. The first kappa shape index (κ1) is 14.2. The van der Waals surface area contributed by atoms with Crippen molar-refractivity contribution in [1.29, 1.82) is 0 Å². The predicted octanol–water partition coefficient (Wildman–Crippen LogP) is 1.88. The fraction of sp³-hybridized carbons (Fsp3) is 0.429. The third-order valence-electron chi connectivity index (χ3n) is 3.13. The molecule has 0 aromatic carbocycles. The van der Waals surface area contributed by atoms with Crippen LogP contribution in [0.5, 0.6) is 0 Å². The number of nitrogens with one attached hydrogen (secondary N) is 1. The SMILES string of the molecule is CCCn1cnnc1[C@H](C)NC(=O)c1cnccc1C. The molecule has 1 N–H and O–H groups in total. The minimum Gasteiger partial charge on any atom is -0.342 e. The van der Waals surface area contributed by atoms with E-state index in [0.717, 1.165) is 24.4 Å². The quantitative estimate of drug-likeness (QED) is 0.902. The number of hydrogen-bond donors (Lipinski definition) is 1. The molecule has 2 aromatic rings. The lowest BCUT2D eigenvalue weighted by molar-refractivity contribution is 0.0936. The largest absolute Gasteiger partial charge is 0.342 e. The summed E-state index contributed by atoms with van der Waals surface area (Å²) in [5.41, 5.74) is 1.49. The lowest BCUT2D eigenvalue weighted by atomic mass is 10.1. The van der Waals surface area contributed by atoms with Gasteiger partial charge in [-0.15, -0.1) is 10.2 Å². The van der Waals surface area contributed by atoms with E-state index in [-0.39, 0.29) is 11.9 Å². The van der Waals surface area contributed by atoms with Crippen LogP contribution in [-0.2, 0) is 6.54 Å². The number of aryl methyl sites for hydroxylation is 2. The highest BCUT2D eigenvalue weighted by molar-refractivity contribution is 5.95. The van der Waals surface area contributed by atoms with Crippen LogP contribution in [0.4, 0.5) is 0 Å². The lowest BCUT2D eigenvalue weighted by Crippen LogP contribution is -2.29. The summed E-state index contributed by atoms with van der Waals surface area (Å²) >= 11 is 0. The first-order chi connectivity index (χ1) is 9.63. The minimum atomic E-state index is -0.198. The van der Waals surface area contributed by atoms with Crippen LogP contribution in [-0.4, -0.2) is 25.7 Å². The number of hydrogen-bond acceptors (Lipinski definition) is 4. The van der Waals surface area contributed by atoms with Crippen molar-refractivity contribution in [1.82, 2.24) is 25.1 Å². The van der Waals surface area contributed by atoms with Gasteiger partial charge in [-0.3, -0.25) is 9.78 Å². The highest BCUT2D eigenvalue weighted by atomic mass is 16.1. The molecule has 2 heterocycles. The molecule has 6 nitrogen and oxygen atoms in total. The smallest absolute Gasteiger partial charge is 0.253 e. The number of pyridine rings is 1. The molecule has 0 aliphatic rings. The molecule has 106 valence electrons. The van der Waals surface area contributed by atoms with Gasteiger partial charge in [0.1, 0.15) is 6.33 Å². The lowest BCUT2D eigenvalue weighted by Gasteiger charge is -2.15. The minimum absolute atomic E-state index is 0.144. The Balaban J connectivity index is 2.11. The van der Waals surface area contributed by atoms with E-state index in [0.29, 0.717) is 5.56 Å². The third kappa shape index (κ3) is 3.01. The second kappa shape index (κ2) is 6.27. The van der Waals surface area contributed by atoms with Gasteiger partial charge in [0.15, 0.2) is 5.82 Å². The van der Waals surface area contributed by atoms with E-state index in [4.69, 9.17) is 0 Å². The molecule has 0 bridgehead atoms. The Bertz CT molecular complexity index is 593. The Hall–Kier alpha value is -2.24. The van der Waals surface area contributed by atoms with E-state index in [1.807, 2.05) is 24.5 Å². The zero-order valence-corrected chi connectivity index (χ0v) is 12.0. The second-order valence-corrected chi connectivity index (χ2v) is 4.77. The maximum absolute atomic E-state index is 12.2. The van der Waals surface area contributed by atoms with Crippen molar-refractivity contribution in [2.24, 2.45) is 0 Å². The Labute approximate surface area is 118 Å². The van der Waals surface area contributed by atoms with Crippen LogP contribution in [0.1, 0.15) is 48.1 Å². The first-order valence-electron chi connectivity index (χ1n) is 6.72. The molecule has 0 radical (unpaired) electrons. The van der Waals surface area contributed by atoms with Gasteiger partial charge < -0.3 is 9.88 Å². The molecule has 0 saturated carbocycles. The molecule has 0 aliphatic carbocycles. The average Bonchev–Trinajstić information content (AvgIpc) is 2.88. The van der Waals surface area contributed by atoms with Crippen molar-refractivity contribution >= 4 is 5.91 Å². The third-order valence-corrected chi connectivity index (χ3v) is 3.13. The van der Waals surface area contributed by atoms with Crippen molar-refractivity contribution in [2.75, 3.05) is 0 Å². The van der Waals surface area contributed by atoms with Gasteiger partial charge >= 0.3 is 0 Å². The fourth-order valence-electron chi connectivity index (χ4n) is 2.05. The van der Waals surface area contributed by atoms with Gasteiger partial charge in [0.2, 0.25) is 0 Å². The van der Waals surface area contributed by atoms with Crippen LogP contribution in [0, 0.1) is 6.92 Å². The topological polar surface area (TPSA) is 72.7 Å². The maximum Gasteiger partial charge on any atom is 0.253 e. The van der Waals surface area contributed by atoms with Crippen LogP contribution in [0.15, 0.2) is 24.8 Å². The van der Waals surface area contributed by atoms with Crippen molar-refractivity contribution in [2.45, 2.75) is 39.8 Å². The normalized spacial score (nSPS) is 12.2. The summed E-state index contributed by atoms with van der Waals surface area (Å²) in [4.78, 5) is 16.2. The zero-order chi connectivity index (χ0) is 14.5. The number of amides is 1. The van der Waals surface area contributed by atoms with Gasteiger partial charge in [-0.2, -0.15) is 0 Å². The summed E-state index contributed by atoms with van der Waals surface area (Å²) < 4.78 is 1.96. The van der Waals surface area contributed by atoms with Gasteiger partial charge in [-0.05, 0) is 31.9 Å². The molecule has 1 amide bonds. The summed E-state index contributed by atoms with van der Waals surface area (Å²) in [6.07, 6.45) is 5.94. The van der Waals surface area contributed by atoms with Gasteiger partial charge in [-0.1, -0.05) is 6.92 Å². The highest BCUT2D eigenvalue weighted by Gasteiger charge is 2.17. The van der Waals surface area contributed by atoms with Crippen LogP contribution >= 0.6 is 0 Å². The number of aromatic nitrogens is 4. The van der Waals surface area contributed by atoms with Gasteiger partial charge in [0.05, 0.1) is 11.6 Å². The Kier molecular flexibility index (Phi) is 4.45. The van der Waals surface area contributed by atoms with E-state index in [1.165, 1.54) is 0 Å². The van der Waals surface area contributed by atoms with Gasteiger partial charge in [0, 0.05) is 18.9 Å². The van der Waals surface area contributed by atoms with E-state index in [1.54, 1.807) is 18.7 Å². The predicted molar refractivity (Wildman–Crippen MR) is 75.2 cm³/mol. The molecular formula is C14H19N5O. The molecule has 20 heavy (non-hydrogen) atoms. The summed E-state index contributed by atoms with van der Waals surface area (Å²) in [5.74, 6) is 0.621. The summed E-state index contributed by atoms with van der Waals surface area (Å²) in [6, 6.07) is 1.62. The monoisotopic (exact) mass is 273 g/mol. The zero-order valence-electron chi connectivity index (χ0n) is 12.0. The maximum atomic E-state index is 12.2. The molecular weight excluding hydrogens is 254 g/mol. The van der Waals surface area contributed by atoms with Crippen molar-refractivity contribution in [3.05, 3.63) is 41.7 Å². The summed E-state index contributed by atoms with van der Waals surface area (Å²) in [6.45, 7) is 6.72. The Morgan fingerprint density at radius 2 is 2.30 bits per heavy atom. The fourth-order valence-corrected chi connectivity index (χ4v) is 2.05. The first-order valence-corrected chi connectivity index (χ1v) is 6.72. The van der Waals surface area contributed by atoms with E-state index < -0.39 is 0 Å². The molecule has 0 fully saturated rings. The molecule has 2 aromatic heterocycles. The van der Waals surface area contributed by atoms with Crippen LogP contribution in [0.3, 0.4) is 0 Å². The highest BCUT2D eigenvalue weighted by Crippen LogP contribution is 2.12. The molecule has 0 aliphatic heterocycles. The van der Waals surface area contributed by atoms with Gasteiger partial charge in [0.25, 0.3) is 5.91 Å². The Morgan fingerprint density at radius 1 is 1.50 bits per heavy atom. The summed E-state index contributed by atoms with van der Waals surface area (Å²) in [7, 11) is 0. The standard InChI is InChI=1S/C14H19N5O/c1-4-7-19-9-16-18-13(19)11(3)17-14(20)12-8-15-6-5-10(12)2/h5-6,8-9,11H,4,7H2,1-3H3,(H,17,20)/t11-/m0/s1. The molecule has 0 saturated heterocycles. The molecule has 1 atom stereocenters. The summed E-state index contributed by atoms with van der Waals surface area (Å²) in [5, 5.41) is 10.9.